The van der Waals surface area contributed by atoms with Crippen molar-refractivity contribution in [2.75, 3.05) is 0 Å². The van der Waals surface area contributed by atoms with E-state index < -0.39 is 0 Å². The van der Waals surface area contributed by atoms with E-state index >= 15 is 0 Å². The molecule has 0 fully saturated rings. The van der Waals surface area contributed by atoms with E-state index in [1.807, 2.05) is 6.08 Å². The van der Waals surface area contributed by atoms with Crippen LogP contribution in [0.5, 0.6) is 0 Å². The Labute approximate surface area is 70.5 Å². The molecule has 0 radical (unpaired) electrons. The maximum absolute atomic E-state index is 3.70. The van der Waals surface area contributed by atoms with E-state index in [9.17, 15) is 0 Å². The third kappa shape index (κ3) is 1.75. The van der Waals surface area contributed by atoms with Crippen molar-refractivity contribution in [2.24, 2.45) is 0 Å². The maximum atomic E-state index is 3.70. The SMILES string of the molecule is C=CCc1ccccc1[AsH2]. The van der Waals surface area contributed by atoms with Gasteiger partial charge in [-0.2, -0.15) is 0 Å². The van der Waals surface area contributed by atoms with Gasteiger partial charge in [0.05, 0.1) is 0 Å². The van der Waals surface area contributed by atoms with Crippen LogP contribution in [0.1, 0.15) is 5.56 Å². The van der Waals surface area contributed by atoms with Crippen LogP contribution < -0.4 is 4.35 Å². The number of hydrogen-bond acceptors (Lipinski definition) is 0. The molecule has 0 amide bonds. The Bertz CT molecular complexity index is 228. The second-order valence-corrected chi connectivity index (χ2v) is 3.50. The average molecular weight is 194 g/mol. The third-order valence-corrected chi connectivity index (χ3v) is 2.60. The van der Waals surface area contributed by atoms with Crippen LogP contribution in [0.4, 0.5) is 0 Å². The zero-order chi connectivity index (χ0) is 7.40. The summed E-state index contributed by atoms with van der Waals surface area (Å²) in [5.41, 5.74) is 1.40. The van der Waals surface area contributed by atoms with Gasteiger partial charge in [-0.25, -0.2) is 0 Å². The number of hydrogen-bond donors (Lipinski definition) is 0. The van der Waals surface area contributed by atoms with Crippen LogP contribution in [0.15, 0.2) is 36.9 Å². The molecule has 0 saturated carbocycles. The normalized spacial score (nSPS) is 9.30. The van der Waals surface area contributed by atoms with Gasteiger partial charge in [-0.3, -0.25) is 0 Å². The summed E-state index contributed by atoms with van der Waals surface area (Å²) in [6.45, 7) is 3.70. The van der Waals surface area contributed by atoms with Crippen molar-refractivity contribution in [1.29, 1.82) is 0 Å². The van der Waals surface area contributed by atoms with Gasteiger partial charge in [-0.1, -0.05) is 0 Å². The minimum atomic E-state index is 0.994. The Balaban J connectivity index is 2.91. The first-order valence-corrected chi connectivity index (χ1v) is 4.50. The van der Waals surface area contributed by atoms with Crippen LogP contribution in [-0.4, -0.2) is 16.9 Å². The Morgan fingerprint density at radius 3 is 2.70 bits per heavy atom. The molecule has 10 heavy (non-hydrogen) atoms. The molecular weight excluding hydrogens is 183 g/mol. The molecule has 1 rings (SSSR count). The van der Waals surface area contributed by atoms with Crippen molar-refractivity contribution in [1.82, 2.24) is 0 Å². The van der Waals surface area contributed by atoms with E-state index in [4.69, 9.17) is 0 Å². The van der Waals surface area contributed by atoms with Gasteiger partial charge in [0.2, 0.25) is 0 Å². The molecule has 0 saturated heterocycles. The molecule has 1 aromatic rings. The van der Waals surface area contributed by atoms with Gasteiger partial charge in [0.1, 0.15) is 0 Å². The number of benzene rings is 1. The summed E-state index contributed by atoms with van der Waals surface area (Å²) in [6, 6.07) is 8.45. The van der Waals surface area contributed by atoms with E-state index in [2.05, 4.69) is 30.8 Å². The van der Waals surface area contributed by atoms with Crippen molar-refractivity contribution in [2.45, 2.75) is 6.42 Å². The third-order valence-electron chi connectivity index (χ3n) is 1.42. The van der Waals surface area contributed by atoms with Crippen molar-refractivity contribution in [3.05, 3.63) is 42.5 Å². The first kappa shape index (κ1) is 7.62. The van der Waals surface area contributed by atoms with Gasteiger partial charge in [-0.05, 0) is 0 Å². The minimum absolute atomic E-state index is 0.994. The fourth-order valence-corrected chi connectivity index (χ4v) is 1.56. The zero-order valence-electron chi connectivity index (χ0n) is 5.88. The predicted molar refractivity (Wildman–Crippen MR) is 48.5 cm³/mol. The molecule has 0 heterocycles. The molecule has 0 spiro atoms. The molecule has 1 heteroatoms. The molecule has 0 aromatic heterocycles. The Morgan fingerprint density at radius 2 is 2.10 bits per heavy atom. The Kier molecular flexibility index (Phi) is 2.77. The summed E-state index contributed by atoms with van der Waals surface area (Å²) in [7, 11) is 0. The summed E-state index contributed by atoms with van der Waals surface area (Å²) in [4.78, 5) is 0. The fraction of sp³-hybridized carbons (Fsp3) is 0.111. The van der Waals surface area contributed by atoms with Crippen LogP contribution in [0.2, 0.25) is 0 Å². The molecule has 0 N–H and O–H groups in total. The van der Waals surface area contributed by atoms with Crippen LogP contribution in [0, 0.1) is 0 Å². The van der Waals surface area contributed by atoms with Gasteiger partial charge >= 0.3 is 70.1 Å². The molecule has 0 nitrogen and oxygen atoms in total. The van der Waals surface area contributed by atoms with Crippen LogP contribution >= 0.6 is 0 Å². The van der Waals surface area contributed by atoms with Crippen LogP contribution in [0.25, 0.3) is 0 Å². The Morgan fingerprint density at radius 1 is 1.40 bits per heavy atom. The molecule has 52 valence electrons. The predicted octanol–water partition coefficient (Wildman–Crippen LogP) is 0.673. The molecular formula is C9H11As. The van der Waals surface area contributed by atoms with E-state index in [1.165, 1.54) is 9.91 Å². The molecule has 0 aliphatic heterocycles. The van der Waals surface area contributed by atoms with E-state index in [1.54, 1.807) is 16.9 Å². The summed E-state index contributed by atoms with van der Waals surface area (Å²) >= 11 is 1.68. The summed E-state index contributed by atoms with van der Waals surface area (Å²) < 4.78 is 1.41. The van der Waals surface area contributed by atoms with Gasteiger partial charge in [0, 0.05) is 0 Å². The summed E-state index contributed by atoms with van der Waals surface area (Å²) in [6.07, 6.45) is 2.94. The van der Waals surface area contributed by atoms with Gasteiger partial charge in [0.15, 0.2) is 0 Å². The summed E-state index contributed by atoms with van der Waals surface area (Å²) in [5, 5.41) is 0. The first-order chi connectivity index (χ1) is 4.84. The number of allylic oxidation sites excluding steroid dienone is 1. The fourth-order valence-electron chi connectivity index (χ4n) is 0.876. The standard InChI is InChI=1S/C9H11As/c1-2-5-8-6-3-4-7-9(8)10/h2-4,6-7H,1,5,10H2. The van der Waals surface area contributed by atoms with Crippen molar-refractivity contribution < 1.29 is 0 Å². The van der Waals surface area contributed by atoms with E-state index in [-0.39, 0.29) is 0 Å². The van der Waals surface area contributed by atoms with Crippen LogP contribution in [0.3, 0.4) is 0 Å². The van der Waals surface area contributed by atoms with Gasteiger partial charge in [0.25, 0.3) is 0 Å². The monoisotopic (exact) mass is 194 g/mol. The Hall–Kier alpha value is -0.482. The van der Waals surface area contributed by atoms with Crippen molar-refractivity contribution in [3.8, 4) is 0 Å². The van der Waals surface area contributed by atoms with Crippen molar-refractivity contribution >= 4 is 21.2 Å². The molecule has 1 aromatic carbocycles. The molecule has 0 aliphatic rings. The second kappa shape index (κ2) is 3.63. The van der Waals surface area contributed by atoms with E-state index in [0.29, 0.717) is 0 Å². The average Bonchev–Trinajstić information content (AvgIpc) is 1.94. The van der Waals surface area contributed by atoms with E-state index in [0.717, 1.165) is 6.42 Å². The van der Waals surface area contributed by atoms with Crippen LogP contribution in [-0.2, 0) is 6.42 Å². The topological polar surface area (TPSA) is 0 Å². The van der Waals surface area contributed by atoms with Gasteiger partial charge in [-0.15, -0.1) is 0 Å². The molecule has 1 unspecified atom stereocenters. The first-order valence-electron chi connectivity index (χ1n) is 3.29. The second-order valence-electron chi connectivity index (χ2n) is 2.19. The zero-order valence-corrected chi connectivity index (χ0v) is 8.30. The number of rotatable bonds is 2. The molecule has 0 aliphatic carbocycles. The molecule has 0 bridgehead atoms. The summed E-state index contributed by atoms with van der Waals surface area (Å²) in [5.74, 6) is 0. The molecule has 1 atom stereocenters. The quantitative estimate of drug-likeness (QED) is 0.479. The van der Waals surface area contributed by atoms with Gasteiger partial charge < -0.3 is 0 Å². The van der Waals surface area contributed by atoms with Crippen molar-refractivity contribution in [3.63, 3.8) is 0 Å².